The van der Waals surface area contributed by atoms with E-state index in [1.807, 2.05) is 7.05 Å². The molecule has 0 heterocycles. The number of rotatable bonds is 2. The first-order valence-electron chi connectivity index (χ1n) is 5.13. The molecule has 0 spiro atoms. The molecular formula is C11H19NO. The van der Waals surface area contributed by atoms with Gasteiger partial charge in [0.25, 0.3) is 0 Å². The first-order chi connectivity index (χ1) is 6.36. The predicted molar refractivity (Wildman–Crippen MR) is 54.3 cm³/mol. The molecule has 1 aliphatic rings. The summed E-state index contributed by atoms with van der Waals surface area (Å²) in [5.74, 6) is 6.83. The molecule has 2 nitrogen and oxygen atoms in total. The Morgan fingerprint density at radius 3 is 2.54 bits per heavy atom. The lowest BCUT2D eigenvalue weighted by Gasteiger charge is -2.24. The Kier molecular flexibility index (Phi) is 4.88. The molecule has 1 aliphatic carbocycles. The van der Waals surface area contributed by atoms with E-state index in [1.165, 1.54) is 25.7 Å². The zero-order valence-corrected chi connectivity index (χ0v) is 8.34. The van der Waals surface area contributed by atoms with Crippen LogP contribution in [0.1, 0.15) is 32.1 Å². The van der Waals surface area contributed by atoms with Crippen LogP contribution in [0.3, 0.4) is 0 Å². The third-order valence-electron chi connectivity index (χ3n) is 2.68. The Morgan fingerprint density at radius 2 is 2.00 bits per heavy atom. The average molecular weight is 181 g/mol. The van der Waals surface area contributed by atoms with Crippen LogP contribution in [0.2, 0.25) is 0 Å². The molecule has 2 heteroatoms. The second-order valence-electron chi connectivity index (χ2n) is 3.63. The van der Waals surface area contributed by atoms with Crippen molar-refractivity contribution < 1.29 is 5.11 Å². The fraction of sp³-hybridized carbons (Fsp3) is 0.818. The zero-order valence-electron chi connectivity index (χ0n) is 8.34. The van der Waals surface area contributed by atoms with Crippen LogP contribution in [0.5, 0.6) is 0 Å². The third kappa shape index (κ3) is 3.80. The first-order valence-corrected chi connectivity index (χ1v) is 5.13. The molecule has 0 amide bonds. The van der Waals surface area contributed by atoms with Gasteiger partial charge in [-0.2, -0.15) is 0 Å². The molecule has 13 heavy (non-hydrogen) atoms. The van der Waals surface area contributed by atoms with Gasteiger partial charge in [0.05, 0.1) is 6.61 Å². The molecule has 1 rings (SSSR count). The molecular weight excluding hydrogens is 162 g/mol. The molecule has 2 N–H and O–H groups in total. The molecule has 1 fully saturated rings. The smallest absolute Gasteiger partial charge is 0.0540 e. The maximum atomic E-state index is 8.56. The van der Waals surface area contributed by atoms with E-state index in [0.717, 1.165) is 0 Å². The number of hydrogen-bond donors (Lipinski definition) is 2. The summed E-state index contributed by atoms with van der Waals surface area (Å²) in [5.41, 5.74) is 0. The third-order valence-corrected chi connectivity index (χ3v) is 2.68. The van der Waals surface area contributed by atoms with Crippen LogP contribution in [0.4, 0.5) is 0 Å². The van der Waals surface area contributed by atoms with Crippen molar-refractivity contribution in [1.82, 2.24) is 5.32 Å². The van der Waals surface area contributed by atoms with Crippen molar-refractivity contribution in [3.05, 3.63) is 0 Å². The number of aliphatic hydroxyl groups is 1. The van der Waals surface area contributed by atoms with Crippen molar-refractivity contribution >= 4 is 0 Å². The molecule has 0 aromatic rings. The summed E-state index contributed by atoms with van der Waals surface area (Å²) in [7, 11) is 2.03. The Labute approximate surface area is 80.7 Å². The Bertz CT molecular complexity index is 184. The Morgan fingerprint density at radius 1 is 1.31 bits per heavy atom. The van der Waals surface area contributed by atoms with E-state index < -0.39 is 0 Å². The minimum atomic E-state index is 0.193. The second kappa shape index (κ2) is 6.01. The van der Waals surface area contributed by atoms with Gasteiger partial charge >= 0.3 is 0 Å². The van der Waals surface area contributed by atoms with Crippen molar-refractivity contribution in [2.75, 3.05) is 13.7 Å². The molecule has 0 aliphatic heterocycles. The molecule has 0 saturated heterocycles. The topological polar surface area (TPSA) is 32.3 Å². The van der Waals surface area contributed by atoms with Gasteiger partial charge in [0.1, 0.15) is 0 Å². The molecule has 0 radical (unpaired) electrons. The summed E-state index contributed by atoms with van der Waals surface area (Å²) in [4.78, 5) is 0. The highest BCUT2D eigenvalue weighted by molar-refractivity contribution is 5.05. The zero-order chi connectivity index (χ0) is 9.52. The van der Waals surface area contributed by atoms with Gasteiger partial charge in [0.15, 0.2) is 0 Å². The Hall–Kier alpha value is -0.520. The van der Waals surface area contributed by atoms with Crippen LogP contribution < -0.4 is 5.32 Å². The summed E-state index contributed by atoms with van der Waals surface area (Å²) >= 11 is 0. The van der Waals surface area contributed by atoms with E-state index >= 15 is 0 Å². The summed E-state index contributed by atoms with van der Waals surface area (Å²) < 4.78 is 0. The molecule has 0 unspecified atom stereocenters. The van der Waals surface area contributed by atoms with E-state index in [2.05, 4.69) is 17.2 Å². The van der Waals surface area contributed by atoms with Crippen molar-refractivity contribution in [3.8, 4) is 11.8 Å². The van der Waals surface area contributed by atoms with Crippen molar-refractivity contribution in [2.45, 2.75) is 38.1 Å². The standard InChI is InChI=1S/C11H19NO/c1-12-11-7-5-10(6-8-11)4-2-3-9-13/h10-13H,3,5-9H2,1H3. The summed E-state index contributed by atoms with van der Waals surface area (Å²) in [6.07, 6.45) is 5.55. The van der Waals surface area contributed by atoms with Gasteiger partial charge in [-0.1, -0.05) is 5.92 Å². The maximum absolute atomic E-state index is 8.56. The van der Waals surface area contributed by atoms with Gasteiger partial charge < -0.3 is 10.4 Å². The molecule has 74 valence electrons. The maximum Gasteiger partial charge on any atom is 0.0540 e. The fourth-order valence-electron chi connectivity index (χ4n) is 1.80. The van der Waals surface area contributed by atoms with Crippen molar-refractivity contribution in [2.24, 2.45) is 5.92 Å². The number of hydrogen-bond acceptors (Lipinski definition) is 2. The summed E-state index contributed by atoms with van der Waals surface area (Å²) in [6.45, 7) is 0.193. The summed E-state index contributed by atoms with van der Waals surface area (Å²) in [5, 5.41) is 11.9. The van der Waals surface area contributed by atoms with E-state index in [-0.39, 0.29) is 6.61 Å². The van der Waals surface area contributed by atoms with E-state index in [9.17, 15) is 0 Å². The van der Waals surface area contributed by atoms with Gasteiger partial charge in [-0.15, -0.1) is 5.92 Å². The highest BCUT2D eigenvalue weighted by atomic mass is 16.2. The second-order valence-corrected chi connectivity index (χ2v) is 3.63. The Balaban J connectivity index is 2.22. The lowest BCUT2D eigenvalue weighted by Crippen LogP contribution is -2.29. The lowest BCUT2D eigenvalue weighted by molar-refractivity contribution is 0.304. The van der Waals surface area contributed by atoms with E-state index in [0.29, 0.717) is 18.4 Å². The predicted octanol–water partition coefficient (Wildman–Crippen LogP) is 1.15. The SMILES string of the molecule is CNC1CCC(C#CCCO)CC1. The first kappa shape index (κ1) is 10.6. The lowest BCUT2D eigenvalue weighted by atomic mass is 9.86. The van der Waals surface area contributed by atoms with Crippen LogP contribution in [-0.4, -0.2) is 24.8 Å². The van der Waals surface area contributed by atoms with E-state index in [4.69, 9.17) is 5.11 Å². The highest BCUT2D eigenvalue weighted by Crippen LogP contribution is 2.23. The molecule has 0 bridgehead atoms. The van der Waals surface area contributed by atoms with Crippen LogP contribution in [0.15, 0.2) is 0 Å². The van der Waals surface area contributed by atoms with Crippen LogP contribution in [0.25, 0.3) is 0 Å². The summed E-state index contributed by atoms with van der Waals surface area (Å²) in [6, 6.07) is 0.705. The molecule has 0 aromatic carbocycles. The average Bonchev–Trinajstić information content (AvgIpc) is 2.19. The largest absolute Gasteiger partial charge is 0.395 e. The minimum Gasteiger partial charge on any atom is -0.395 e. The van der Waals surface area contributed by atoms with Gasteiger partial charge in [-0.3, -0.25) is 0 Å². The van der Waals surface area contributed by atoms with E-state index in [1.54, 1.807) is 0 Å². The van der Waals surface area contributed by atoms with Crippen LogP contribution in [0, 0.1) is 17.8 Å². The van der Waals surface area contributed by atoms with Crippen LogP contribution in [-0.2, 0) is 0 Å². The molecule has 1 saturated carbocycles. The van der Waals surface area contributed by atoms with Gasteiger partial charge in [-0.25, -0.2) is 0 Å². The quantitative estimate of drug-likeness (QED) is 0.626. The number of nitrogens with one attached hydrogen (secondary N) is 1. The van der Waals surface area contributed by atoms with Gasteiger partial charge in [0.2, 0.25) is 0 Å². The van der Waals surface area contributed by atoms with Gasteiger partial charge in [0, 0.05) is 18.4 Å². The fourth-order valence-corrected chi connectivity index (χ4v) is 1.80. The van der Waals surface area contributed by atoms with Crippen LogP contribution >= 0.6 is 0 Å². The minimum absolute atomic E-state index is 0.193. The monoisotopic (exact) mass is 181 g/mol. The highest BCUT2D eigenvalue weighted by Gasteiger charge is 2.17. The van der Waals surface area contributed by atoms with Gasteiger partial charge in [-0.05, 0) is 32.7 Å². The normalized spacial score (nSPS) is 27.8. The molecule has 0 atom stereocenters. The van der Waals surface area contributed by atoms with Crippen molar-refractivity contribution in [3.63, 3.8) is 0 Å². The van der Waals surface area contributed by atoms with Crippen molar-refractivity contribution in [1.29, 1.82) is 0 Å². The number of aliphatic hydroxyl groups excluding tert-OH is 1. The molecule has 0 aromatic heterocycles.